The first-order valence-electron chi connectivity index (χ1n) is 21.4. The third-order valence-electron chi connectivity index (χ3n) is 13.7. The zero-order valence-corrected chi connectivity index (χ0v) is 35.0. The zero-order valence-electron chi connectivity index (χ0n) is 34.0. The Bertz CT molecular complexity index is 3170. The van der Waals surface area contributed by atoms with Crippen molar-refractivity contribution in [3.63, 3.8) is 0 Å². The lowest BCUT2D eigenvalue weighted by Gasteiger charge is -2.46. The maximum Gasteiger partial charge on any atom is 0.252 e. The van der Waals surface area contributed by atoms with Gasteiger partial charge in [0.25, 0.3) is 6.71 Å². The molecule has 0 bridgehead atoms. The molecule has 0 atom stereocenters. The maximum atomic E-state index is 2.58. The van der Waals surface area contributed by atoms with Gasteiger partial charge in [0.1, 0.15) is 0 Å². The molecule has 9 aromatic rings. The molecule has 4 aliphatic heterocycles. The lowest BCUT2D eigenvalue weighted by Crippen LogP contribution is -2.75. The largest absolute Gasteiger partial charge is 0.311 e. The number of para-hydroxylation sites is 3. The SMILES string of the molecule is Cc1ccc2c(c1)[Si]1(c3ccccc3-c3ccccc31)c1cc(C)ccc1N2c1ccc2c(c1)N(c1ccccc1)c1cccc3c1B2c1ccccc1N3c1ccccc1. The highest BCUT2D eigenvalue weighted by atomic mass is 28.3. The van der Waals surface area contributed by atoms with Crippen LogP contribution in [0.1, 0.15) is 11.1 Å². The smallest absolute Gasteiger partial charge is 0.252 e. The Morgan fingerprint density at radius 2 is 0.803 bits per heavy atom. The normalized spacial score (nSPS) is 14.4. The van der Waals surface area contributed by atoms with Crippen LogP contribution in [0.2, 0.25) is 0 Å². The minimum atomic E-state index is -2.73. The summed E-state index contributed by atoms with van der Waals surface area (Å²) < 4.78 is 0. The summed E-state index contributed by atoms with van der Waals surface area (Å²) >= 11 is 0. The van der Waals surface area contributed by atoms with Crippen molar-refractivity contribution in [2.24, 2.45) is 0 Å². The highest BCUT2D eigenvalue weighted by Gasteiger charge is 2.54. The fourth-order valence-corrected chi connectivity index (χ4v) is 17.1. The van der Waals surface area contributed by atoms with E-state index in [0.717, 1.165) is 17.1 Å². The molecule has 0 saturated heterocycles. The molecule has 3 nitrogen and oxygen atoms in total. The minimum Gasteiger partial charge on any atom is -0.311 e. The molecule has 61 heavy (non-hydrogen) atoms. The van der Waals surface area contributed by atoms with Crippen LogP contribution in [0.3, 0.4) is 0 Å². The van der Waals surface area contributed by atoms with Gasteiger partial charge < -0.3 is 14.7 Å². The van der Waals surface area contributed by atoms with Crippen molar-refractivity contribution in [1.82, 2.24) is 0 Å². The molecule has 0 radical (unpaired) electrons. The van der Waals surface area contributed by atoms with Gasteiger partial charge in [0.2, 0.25) is 0 Å². The topological polar surface area (TPSA) is 9.72 Å². The van der Waals surface area contributed by atoms with Crippen molar-refractivity contribution in [2.45, 2.75) is 13.8 Å². The molecule has 4 heterocycles. The fraction of sp³-hybridized carbons (Fsp3) is 0.0357. The summed E-state index contributed by atoms with van der Waals surface area (Å²) in [5, 5.41) is 5.89. The van der Waals surface area contributed by atoms with Crippen LogP contribution in [0, 0.1) is 13.8 Å². The molecule has 1 spiro atoms. The zero-order chi connectivity index (χ0) is 40.4. The van der Waals surface area contributed by atoms with Crippen molar-refractivity contribution in [2.75, 3.05) is 14.7 Å². The Hall–Kier alpha value is -7.34. The van der Waals surface area contributed by atoms with Gasteiger partial charge in [0.15, 0.2) is 8.07 Å². The number of hydrogen-bond donors (Lipinski definition) is 0. The van der Waals surface area contributed by atoms with E-state index in [0.29, 0.717) is 0 Å². The number of anilines is 9. The first kappa shape index (κ1) is 34.5. The van der Waals surface area contributed by atoms with Gasteiger partial charge in [-0.2, -0.15) is 0 Å². The van der Waals surface area contributed by atoms with Gasteiger partial charge >= 0.3 is 0 Å². The van der Waals surface area contributed by atoms with E-state index in [1.807, 2.05) is 0 Å². The number of nitrogens with zero attached hydrogens (tertiary/aromatic N) is 3. The Morgan fingerprint density at radius 3 is 1.41 bits per heavy atom. The van der Waals surface area contributed by atoms with Crippen LogP contribution >= 0.6 is 0 Å². The van der Waals surface area contributed by atoms with Gasteiger partial charge in [-0.05, 0) is 129 Å². The van der Waals surface area contributed by atoms with E-state index < -0.39 is 8.07 Å². The van der Waals surface area contributed by atoms with Crippen molar-refractivity contribution in [3.8, 4) is 11.1 Å². The van der Waals surface area contributed by atoms with Crippen LogP contribution in [0.25, 0.3) is 11.1 Å². The number of hydrogen-bond acceptors (Lipinski definition) is 3. The van der Waals surface area contributed by atoms with Gasteiger partial charge in [-0.15, -0.1) is 0 Å². The summed E-state index contributed by atoms with van der Waals surface area (Å²) in [6, 6.07) is 77.9. The molecular weight excluding hydrogens is 754 g/mol. The Kier molecular flexibility index (Phi) is 7.26. The Labute approximate surface area is 358 Å². The van der Waals surface area contributed by atoms with Gasteiger partial charge in [0.05, 0.1) is 0 Å². The number of aryl methyl sites for hydroxylation is 2. The third kappa shape index (κ3) is 4.64. The van der Waals surface area contributed by atoms with E-state index in [1.165, 1.54) is 93.5 Å². The van der Waals surface area contributed by atoms with Crippen LogP contribution in [0.4, 0.5) is 51.2 Å². The molecule has 5 heteroatoms. The van der Waals surface area contributed by atoms with E-state index in [4.69, 9.17) is 0 Å². The third-order valence-corrected chi connectivity index (χ3v) is 18.6. The van der Waals surface area contributed by atoms with E-state index in [-0.39, 0.29) is 6.71 Å². The van der Waals surface area contributed by atoms with Crippen molar-refractivity contribution < 1.29 is 0 Å². The second kappa shape index (κ2) is 12.8. The Balaban J connectivity index is 1.08. The van der Waals surface area contributed by atoms with E-state index in [1.54, 1.807) is 0 Å². The average molecular weight is 794 g/mol. The molecule has 0 saturated carbocycles. The second-order valence-electron chi connectivity index (χ2n) is 17.0. The second-order valence-corrected chi connectivity index (χ2v) is 20.7. The summed E-state index contributed by atoms with van der Waals surface area (Å²) in [5.74, 6) is 0. The van der Waals surface area contributed by atoms with Gasteiger partial charge in [0, 0.05) is 51.2 Å². The molecule has 0 amide bonds. The number of benzene rings is 9. The van der Waals surface area contributed by atoms with Gasteiger partial charge in [-0.25, -0.2) is 0 Å². The van der Waals surface area contributed by atoms with Crippen molar-refractivity contribution in [3.05, 3.63) is 217 Å². The molecule has 286 valence electrons. The van der Waals surface area contributed by atoms with Crippen molar-refractivity contribution in [1.29, 1.82) is 0 Å². The molecular formula is C56H40BN3Si. The summed E-state index contributed by atoms with van der Waals surface area (Å²) in [4.78, 5) is 7.55. The molecule has 0 aromatic heterocycles. The highest BCUT2D eigenvalue weighted by molar-refractivity contribution is 7.23. The standard InChI is InChI=1S/C56H40BN3Si/c1-37-28-32-47-54(34-37)61(52-26-13-9-20-42(52)43-21-10-14-27-53(43)61)55-35-38(2)29-33-48(55)60(47)41-30-31-45-51(36-41)59(40-18-7-4-8-19-40)50-25-15-24-49-56(50)57(45)44-22-11-12-23-46(44)58(49)39-16-5-3-6-17-39/h3-36H,1-2H3. The summed E-state index contributed by atoms with van der Waals surface area (Å²) in [6.07, 6.45) is 0. The molecule has 0 unspecified atom stereocenters. The summed E-state index contributed by atoms with van der Waals surface area (Å²) in [6.45, 7) is 4.57. The van der Waals surface area contributed by atoms with Crippen LogP contribution < -0.4 is 51.8 Å². The quantitative estimate of drug-likeness (QED) is 0.165. The van der Waals surface area contributed by atoms with Crippen LogP contribution in [-0.4, -0.2) is 14.8 Å². The molecule has 0 aliphatic carbocycles. The first-order valence-corrected chi connectivity index (χ1v) is 23.4. The van der Waals surface area contributed by atoms with Crippen LogP contribution in [0.5, 0.6) is 0 Å². The maximum absolute atomic E-state index is 2.73. The monoisotopic (exact) mass is 793 g/mol. The van der Waals surface area contributed by atoms with E-state index in [9.17, 15) is 0 Å². The molecule has 0 fully saturated rings. The molecule has 13 rings (SSSR count). The van der Waals surface area contributed by atoms with Gasteiger partial charge in [-0.3, -0.25) is 0 Å². The summed E-state index contributed by atoms with van der Waals surface area (Å²) in [7, 11) is -2.73. The van der Waals surface area contributed by atoms with Crippen molar-refractivity contribution >= 4 is 103 Å². The number of fused-ring (bicyclic) bond motifs is 13. The van der Waals surface area contributed by atoms with Crippen LogP contribution in [-0.2, 0) is 0 Å². The summed E-state index contributed by atoms with van der Waals surface area (Å²) in [5.41, 5.74) is 20.2. The molecule has 9 aromatic carbocycles. The molecule has 4 aliphatic rings. The van der Waals surface area contributed by atoms with Gasteiger partial charge in [-0.1, -0.05) is 151 Å². The first-order chi connectivity index (χ1) is 30.1. The Morgan fingerprint density at radius 1 is 0.328 bits per heavy atom. The van der Waals surface area contributed by atoms with Crippen LogP contribution in [0.15, 0.2) is 206 Å². The lowest BCUT2D eigenvalue weighted by atomic mass is 9.33. The molecule has 0 N–H and O–H groups in total. The fourth-order valence-electron chi connectivity index (χ4n) is 11.4. The highest BCUT2D eigenvalue weighted by Crippen LogP contribution is 2.47. The average Bonchev–Trinajstić information content (AvgIpc) is 3.60. The number of rotatable bonds is 3. The predicted octanol–water partition coefficient (Wildman–Crippen LogP) is 9.53. The lowest BCUT2D eigenvalue weighted by molar-refractivity contribution is 1.24. The van der Waals surface area contributed by atoms with E-state index >= 15 is 0 Å². The predicted molar refractivity (Wildman–Crippen MR) is 261 cm³/mol. The van der Waals surface area contributed by atoms with E-state index in [2.05, 4.69) is 235 Å². The minimum absolute atomic E-state index is 0.0553.